The maximum absolute atomic E-state index is 11.6. The lowest BCUT2D eigenvalue weighted by atomic mass is 10.2. The number of piperazine rings is 1. The highest BCUT2D eigenvalue weighted by atomic mass is 35.5. The zero-order valence-electron chi connectivity index (χ0n) is 12.6. The van der Waals surface area contributed by atoms with Crippen molar-refractivity contribution in [3.63, 3.8) is 0 Å². The summed E-state index contributed by atoms with van der Waals surface area (Å²) in [5.74, 6) is 0.887. The van der Waals surface area contributed by atoms with Gasteiger partial charge in [0.25, 0.3) is 0 Å². The molecule has 0 radical (unpaired) electrons. The smallest absolute Gasteiger partial charge is 0.225 e. The molecule has 2 rings (SSSR count). The van der Waals surface area contributed by atoms with E-state index in [1.807, 2.05) is 19.1 Å². The molecule has 1 aliphatic rings. The van der Waals surface area contributed by atoms with Crippen molar-refractivity contribution < 1.29 is 4.79 Å². The van der Waals surface area contributed by atoms with Crippen LogP contribution in [0.25, 0.3) is 0 Å². The van der Waals surface area contributed by atoms with Gasteiger partial charge in [-0.2, -0.15) is 0 Å². The number of likely N-dealkylation sites (N-methyl/N-ethyl adjacent to an activating group) is 1. The third kappa shape index (κ3) is 5.49. The fourth-order valence-corrected chi connectivity index (χ4v) is 2.19. The molecule has 7 heteroatoms. The maximum Gasteiger partial charge on any atom is 0.225 e. The zero-order chi connectivity index (χ0) is 14.5. The zero-order valence-corrected chi connectivity index (χ0v) is 13.4. The average Bonchev–Trinajstić information content (AvgIpc) is 2.39. The molecule has 1 unspecified atom stereocenters. The fourth-order valence-electron chi connectivity index (χ4n) is 2.19. The number of nitrogens with zero attached hydrogens (tertiary/aromatic N) is 3. The first-order chi connectivity index (χ1) is 9.54. The molecule has 0 aromatic carbocycles. The number of aromatic nitrogens is 1. The van der Waals surface area contributed by atoms with Crippen molar-refractivity contribution in [1.29, 1.82) is 0 Å². The van der Waals surface area contributed by atoms with Crippen molar-refractivity contribution in [2.75, 3.05) is 43.4 Å². The molecule has 21 heavy (non-hydrogen) atoms. The van der Waals surface area contributed by atoms with Crippen LogP contribution in [0.2, 0.25) is 0 Å². The van der Waals surface area contributed by atoms with Gasteiger partial charge in [0, 0.05) is 38.6 Å². The lowest BCUT2D eigenvalue weighted by Crippen LogP contribution is -2.44. The van der Waals surface area contributed by atoms with Crippen molar-refractivity contribution in [3.8, 4) is 0 Å². The number of rotatable bonds is 4. The van der Waals surface area contributed by atoms with E-state index < -0.39 is 0 Å². The maximum atomic E-state index is 11.6. The molecule has 0 aliphatic carbocycles. The van der Waals surface area contributed by atoms with Crippen LogP contribution < -0.4 is 16.0 Å². The van der Waals surface area contributed by atoms with Gasteiger partial charge in [0.15, 0.2) is 0 Å². The van der Waals surface area contributed by atoms with E-state index in [1.165, 1.54) is 0 Å². The summed E-state index contributed by atoms with van der Waals surface area (Å²) in [6.07, 6.45) is 2.02. The van der Waals surface area contributed by atoms with E-state index in [-0.39, 0.29) is 24.4 Å². The Hall–Kier alpha value is -1.37. The van der Waals surface area contributed by atoms with E-state index in [0.717, 1.165) is 32.0 Å². The van der Waals surface area contributed by atoms with Crippen molar-refractivity contribution in [1.82, 2.24) is 9.88 Å². The lowest BCUT2D eigenvalue weighted by Gasteiger charge is -2.33. The molecule has 1 atom stereocenters. The van der Waals surface area contributed by atoms with Gasteiger partial charge in [0.2, 0.25) is 5.91 Å². The largest absolute Gasteiger partial charge is 0.354 e. The van der Waals surface area contributed by atoms with Gasteiger partial charge in [-0.25, -0.2) is 4.98 Å². The summed E-state index contributed by atoms with van der Waals surface area (Å²) in [5, 5.41) is 2.80. The molecule has 0 spiro atoms. The highest BCUT2D eigenvalue weighted by molar-refractivity contribution is 5.90. The summed E-state index contributed by atoms with van der Waals surface area (Å²) in [5.41, 5.74) is 6.31. The van der Waals surface area contributed by atoms with Crippen LogP contribution in [-0.4, -0.2) is 55.1 Å². The first-order valence-corrected chi connectivity index (χ1v) is 6.99. The number of nitrogens with two attached hydrogens (primary N) is 1. The van der Waals surface area contributed by atoms with Crippen LogP contribution >= 0.6 is 12.4 Å². The molecular weight excluding hydrogens is 290 g/mol. The monoisotopic (exact) mass is 313 g/mol. The Morgan fingerprint density at radius 1 is 1.38 bits per heavy atom. The van der Waals surface area contributed by atoms with Gasteiger partial charge in [0.05, 0.1) is 11.9 Å². The number of hydrogen-bond donors (Lipinski definition) is 2. The Kier molecular flexibility index (Phi) is 6.87. The fraction of sp³-hybridized carbons (Fsp3) is 0.571. The van der Waals surface area contributed by atoms with Crippen molar-refractivity contribution in [3.05, 3.63) is 18.3 Å². The summed E-state index contributed by atoms with van der Waals surface area (Å²) < 4.78 is 0. The van der Waals surface area contributed by atoms with E-state index in [0.29, 0.717) is 12.1 Å². The quantitative estimate of drug-likeness (QED) is 0.865. The van der Waals surface area contributed by atoms with Gasteiger partial charge in [0.1, 0.15) is 5.82 Å². The normalized spacial score (nSPS) is 17.0. The second kappa shape index (κ2) is 8.17. The van der Waals surface area contributed by atoms with E-state index in [1.54, 1.807) is 6.20 Å². The molecular formula is C14H24ClN5O. The number of halogens is 1. The Balaban J connectivity index is 0.00000220. The van der Waals surface area contributed by atoms with Gasteiger partial charge in [-0.1, -0.05) is 0 Å². The number of amides is 1. The van der Waals surface area contributed by atoms with Gasteiger partial charge in [-0.05, 0) is 26.1 Å². The highest BCUT2D eigenvalue weighted by Gasteiger charge is 2.15. The second-order valence-corrected chi connectivity index (χ2v) is 5.42. The predicted octanol–water partition coefficient (Wildman–Crippen LogP) is 0.931. The number of anilines is 2. The van der Waals surface area contributed by atoms with Crippen LogP contribution in [0.4, 0.5) is 11.5 Å². The molecule has 1 saturated heterocycles. The van der Waals surface area contributed by atoms with E-state index >= 15 is 0 Å². The number of pyridine rings is 1. The first-order valence-electron chi connectivity index (χ1n) is 6.99. The van der Waals surface area contributed by atoms with Crippen molar-refractivity contribution in [2.45, 2.75) is 19.4 Å². The Morgan fingerprint density at radius 2 is 2.05 bits per heavy atom. The molecule has 0 bridgehead atoms. The number of hydrogen-bond acceptors (Lipinski definition) is 5. The average molecular weight is 314 g/mol. The topological polar surface area (TPSA) is 74.5 Å². The van der Waals surface area contributed by atoms with Crippen LogP contribution in [0.1, 0.15) is 13.3 Å². The minimum absolute atomic E-state index is 0. The van der Waals surface area contributed by atoms with Crippen molar-refractivity contribution >= 4 is 29.8 Å². The third-order valence-corrected chi connectivity index (χ3v) is 3.37. The first kappa shape index (κ1) is 17.7. The van der Waals surface area contributed by atoms with Crippen LogP contribution in [0.5, 0.6) is 0 Å². The summed E-state index contributed by atoms with van der Waals surface area (Å²) in [6.45, 7) is 5.89. The van der Waals surface area contributed by atoms with Crippen LogP contribution in [0.15, 0.2) is 18.3 Å². The number of carbonyl (C=O) groups is 1. The standard InChI is InChI=1S/C14H23N5O.ClH/c1-11(15)9-14(20)17-12-3-4-13(16-10-12)19-7-5-18(2)6-8-19;/h3-4,10-11H,5-9,15H2,1-2H3,(H,17,20);1H. The second-order valence-electron chi connectivity index (χ2n) is 5.42. The SMILES string of the molecule is CC(N)CC(=O)Nc1ccc(N2CCN(C)CC2)nc1.Cl. The minimum atomic E-state index is -0.132. The van der Waals surface area contributed by atoms with Crippen LogP contribution in [0.3, 0.4) is 0 Å². The Bertz CT molecular complexity index is 443. The van der Waals surface area contributed by atoms with E-state index in [4.69, 9.17) is 5.73 Å². The summed E-state index contributed by atoms with van der Waals surface area (Å²) in [4.78, 5) is 20.6. The Morgan fingerprint density at radius 3 is 2.57 bits per heavy atom. The summed E-state index contributed by atoms with van der Waals surface area (Å²) >= 11 is 0. The van der Waals surface area contributed by atoms with E-state index in [9.17, 15) is 4.79 Å². The van der Waals surface area contributed by atoms with Gasteiger partial charge < -0.3 is 20.9 Å². The molecule has 2 heterocycles. The van der Waals surface area contributed by atoms with Crippen LogP contribution in [0, 0.1) is 0 Å². The summed E-state index contributed by atoms with van der Waals surface area (Å²) in [6, 6.07) is 3.71. The van der Waals surface area contributed by atoms with Gasteiger partial charge in [-0.3, -0.25) is 4.79 Å². The molecule has 0 saturated carbocycles. The summed E-state index contributed by atoms with van der Waals surface area (Å²) in [7, 11) is 2.13. The van der Waals surface area contributed by atoms with E-state index in [2.05, 4.69) is 27.1 Å². The number of nitrogens with one attached hydrogen (secondary N) is 1. The highest BCUT2D eigenvalue weighted by Crippen LogP contribution is 2.16. The molecule has 1 aromatic heterocycles. The number of carbonyl (C=O) groups excluding carboxylic acids is 1. The molecule has 118 valence electrons. The molecule has 6 nitrogen and oxygen atoms in total. The van der Waals surface area contributed by atoms with Gasteiger partial charge in [-0.15, -0.1) is 12.4 Å². The van der Waals surface area contributed by atoms with Gasteiger partial charge >= 0.3 is 0 Å². The Labute approximate surface area is 132 Å². The molecule has 1 aromatic rings. The molecule has 1 amide bonds. The minimum Gasteiger partial charge on any atom is -0.354 e. The molecule has 1 fully saturated rings. The lowest BCUT2D eigenvalue weighted by molar-refractivity contribution is -0.116. The van der Waals surface area contributed by atoms with Crippen LogP contribution in [-0.2, 0) is 4.79 Å². The van der Waals surface area contributed by atoms with Crippen molar-refractivity contribution in [2.24, 2.45) is 5.73 Å². The molecule has 3 N–H and O–H groups in total. The predicted molar refractivity (Wildman–Crippen MR) is 88.1 cm³/mol. The molecule has 1 aliphatic heterocycles. The third-order valence-electron chi connectivity index (χ3n) is 3.37.